The molecule has 1 aromatic carbocycles. The zero-order chi connectivity index (χ0) is 20.6. The normalized spacial score (nSPS) is 19.1. The summed E-state index contributed by atoms with van der Waals surface area (Å²) >= 11 is 0. The third-order valence-electron chi connectivity index (χ3n) is 5.38. The van der Waals surface area contributed by atoms with Crippen molar-refractivity contribution in [1.29, 1.82) is 0 Å². The van der Waals surface area contributed by atoms with Crippen LogP contribution in [-0.2, 0) is 9.53 Å². The molecule has 6 nitrogen and oxygen atoms in total. The van der Waals surface area contributed by atoms with E-state index in [0.717, 1.165) is 43.8 Å². The lowest BCUT2D eigenvalue weighted by Crippen LogP contribution is -2.39. The number of carbonyl (C=O) groups is 1. The minimum absolute atomic E-state index is 0.0146. The van der Waals surface area contributed by atoms with Crippen molar-refractivity contribution >= 4 is 12.0 Å². The van der Waals surface area contributed by atoms with E-state index in [1.165, 1.54) is 0 Å². The van der Waals surface area contributed by atoms with E-state index < -0.39 is 0 Å². The second-order valence-electron chi connectivity index (χ2n) is 8.19. The number of rotatable bonds is 7. The molecule has 6 heteroatoms. The highest BCUT2D eigenvalue weighted by Crippen LogP contribution is 2.31. The second kappa shape index (κ2) is 10.6. The van der Waals surface area contributed by atoms with Gasteiger partial charge in [0.15, 0.2) is 11.5 Å². The Labute approximate surface area is 174 Å². The summed E-state index contributed by atoms with van der Waals surface area (Å²) in [6.45, 7) is 10.3. The van der Waals surface area contributed by atoms with E-state index in [1.54, 1.807) is 18.1 Å². The number of morpholine rings is 1. The Morgan fingerprint density at radius 2 is 1.90 bits per heavy atom. The number of benzene rings is 1. The van der Waals surface area contributed by atoms with Crippen molar-refractivity contribution in [3.05, 3.63) is 29.8 Å². The van der Waals surface area contributed by atoms with E-state index in [1.807, 2.05) is 24.3 Å². The zero-order valence-corrected chi connectivity index (χ0v) is 17.9. The Kier molecular flexibility index (Phi) is 7.95. The van der Waals surface area contributed by atoms with Crippen LogP contribution in [0.1, 0.15) is 32.3 Å². The quantitative estimate of drug-likeness (QED) is 0.656. The first-order valence-corrected chi connectivity index (χ1v) is 10.7. The van der Waals surface area contributed by atoms with Crippen molar-refractivity contribution in [2.24, 2.45) is 5.92 Å². The molecule has 2 aliphatic rings. The summed E-state index contributed by atoms with van der Waals surface area (Å²) in [6, 6.07) is 5.83. The highest BCUT2D eigenvalue weighted by atomic mass is 16.5. The average Bonchev–Trinajstić information content (AvgIpc) is 2.74. The van der Waals surface area contributed by atoms with Crippen LogP contribution in [0.5, 0.6) is 11.5 Å². The minimum atomic E-state index is 0.0146. The van der Waals surface area contributed by atoms with E-state index in [-0.39, 0.29) is 12.0 Å². The molecule has 0 radical (unpaired) electrons. The molecule has 1 amide bonds. The molecule has 0 saturated carbocycles. The number of hydrogen-bond acceptors (Lipinski definition) is 5. The number of carbonyl (C=O) groups excluding carboxylic acids is 1. The van der Waals surface area contributed by atoms with E-state index in [0.29, 0.717) is 38.0 Å². The van der Waals surface area contributed by atoms with Crippen molar-refractivity contribution < 1.29 is 19.0 Å². The van der Waals surface area contributed by atoms with Gasteiger partial charge < -0.3 is 24.0 Å². The summed E-state index contributed by atoms with van der Waals surface area (Å²) in [5.74, 6) is 2.19. The Bertz CT molecular complexity index is 690. The van der Waals surface area contributed by atoms with Gasteiger partial charge in [0.2, 0.25) is 5.91 Å². The first-order chi connectivity index (χ1) is 14.0. The molecule has 1 aromatic rings. The molecule has 0 bridgehead atoms. The fraction of sp³-hybridized carbons (Fsp3) is 0.609. The summed E-state index contributed by atoms with van der Waals surface area (Å²) in [6.07, 6.45) is 5.73. The van der Waals surface area contributed by atoms with Gasteiger partial charge in [0.1, 0.15) is 6.10 Å². The zero-order valence-electron chi connectivity index (χ0n) is 17.9. The van der Waals surface area contributed by atoms with Gasteiger partial charge in [-0.15, -0.1) is 0 Å². The molecule has 29 heavy (non-hydrogen) atoms. The molecule has 2 fully saturated rings. The molecular formula is C23H34N2O4. The third kappa shape index (κ3) is 6.47. The number of nitrogens with zero attached hydrogens (tertiary/aromatic N) is 2. The Balaban J connectivity index is 1.56. The van der Waals surface area contributed by atoms with Crippen LogP contribution in [0.4, 0.5) is 0 Å². The van der Waals surface area contributed by atoms with Crippen LogP contribution in [-0.4, -0.2) is 74.9 Å². The standard InChI is InChI=1S/C23H34N2O4/c1-18(2)17-24-10-8-20(9-11-24)29-21-6-4-19(16-22(21)27-3)5-7-23(26)25-12-14-28-15-13-25/h4-7,16,18,20H,8-15,17H2,1-3H3. The molecule has 2 heterocycles. The maximum atomic E-state index is 12.3. The maximum Gasteiger partial charge on any atom is 0.246 e. The van der Waals surface area contributed by atoms with E-state index in [9.17, 15) is 4.79 Å². The highest BCUT2D eigenvalue weighted by Gasteiger charge is 2.22. The van der Waals surface area contributed by atoms with Crippen LogP contribution in [0.25, 0.3) is 6.08 Å². The van der Waals surface area contributed by atoms with Gasteiger partial charge in [0.25, 0.3) is 0 Å². The molecule has 0 unspecified atom stereocenters. The predicted octanol–water partition coefficient (Wildman–Crippen LogP) is 3.07. The largest absolute Gasteiger partial charge is 0.493 e. The highest BCUT2D eigenvalue weighted by molar-refractivity contribution is 5.91. The van der Waals surface area contributed by atoms with Crippen molar-refractivity contribution in [1.82, 2.24) is 9.80 Å². The number of ether oxygens (including phenoxy) is 3. The van der Waals surface area contributed by atoms with Gasteiger partial charge in [-0.05, 0) is 42.5 Å². The van der Waals surface area contributed by atoms with Crippen molar-refractivity contribution in [2.45, 2.75) is 32.8 Å². The lowest BCUT2D eigenvalue weighted by Gasteiger charge is -2.33. The van der Waals surface area contributed by atoms with Crippen LogP contribution >= 0.6 is 0 Å². The summed E-state index contributed by atoms with van der Waals surface area (Å²) in [7, 11) is 1.65. The molecule has 160 valence electrons. The number of amides is 1. The van der Waals surface area contributed by atoms with Crippen LogP contribution in [0.15, 0.2) is 24.3 Å². The second-order valence-corrected chi connectivity index (χ2v) is 8.19. The minimum Gasteiger partial charge on any atom is -0.493 e. The topological polar surface area (TPSA) is 51.2 Å². The van der Waals surface area contributed by atoms with Gasteiger partial charge >= 0.3 is 0 Å². The van der Waals surface area contributed by atoms with Crippen LogP contribution in [0.2, 0.25) is 0 Å². The number of likely N-dealkylation sites (tertiary alicyclic amines) is 1. The Hall–Kier alpha value is -2.05. The summed E-state index contributed by atoms with van der Waals surface area (Å²) in [5.41, 5.74) is 0.919. The summed E-state index contributed by atoms with van der Waals surface area (Å²) in [4.78, 5) is 16.6. The molecule has 0 spiro atoms. The van der Waals surface area contributed by atoms with Gasteiger partial charge in [-0.25, -0.2) is 0 Å². The molecular weight excluding hydrogens is 368 g/mol. The lowest BCUT2D eigenvalue weighted by atomic mass is 10.1. The molecule has 2 saturated heterocycles. The van der Waals surface area contributed by atoms with Gasteiger partial charge in [-0.1, -0.05) is 19.9 Å². The van der Waals surface area contributed by atoms with Crippen molar-refractivity contribution in [3.8, 4) is 11.5 Å². The van der Waals surface area contributed by atoms with E-state index >= 15 is 0 Å². The molecule has 0 N–H and O–H groups in total. The number of methoxy groups -OCH3 is 1. The Morgan fingerprint density at radius 3 is 2.55 bits per heavy atom. The number of hydrogen-bond donors (Lipinski definition) is 0. The molecule has 0 aliphatic carbocycles. The number of piperidine rings is 1. The molecule has 0 atom stereocenters. The molecule has 3 rings (SSSR count). The van der Waals surface area contributed by atoms with Gasteiger partial charge in [-0.2, -0.15) is 0 Å². The first kappa shape index (κ1) is 21.7. The van der Waals surface area contributed by atoms with Crippen LogP contribution in [0, 0.1) is 5.92 Å². The SMILES string of the molecule is COc1cc(C=CC(=O)N2CCOCC2)ccc1OC1CCN(CC(C)C)CC1. The third-order valence-corrected chi connectivity index (χ3v) is 5.38. The fourth-order valence-corrected chi connectivity index (χ4v) is 3.85. The first-order valence-electron chi connectivity index (χ1n) is 10.7. The van der Waals surface area contributed by atoms with Gasteiger partial charge in [0.05, 0.1) is 20.3 Å². The van der Waals surface area contributed by atoms with Crippen LogP contribution < -0.4 is 9.47 Å². The predicted molar refractivity (Wildman–Crippen MR) is 114 cm³/mol. The molecule has 0 aromatic heterocycles. The summed E-state index contributed by atoms with van der Waals surface area (Å²) in [5, 5.41) is 0. The van der Waals surface area contributed by atoms with E-state index in [4.69, 9.17) is 14.2 Å². The van der Waals surface area contributed by atoms with Gasteiger partial charge in [0, 0.05) is 38.8 Å². The van der Waals surface area contributed by atoms with E-state index in [2.05, 4.69) is 18.7 Å². The average molecular weight is 403 g/mol. The molecule has 2 aliphatic heterocycles. The van der Waals surface area contributed by atoms with Crippen molar-refractivity contribution in [3.63, 3.8) is 0 Å². The monoisotopic (exact) mass is 402 g/mol. The van der Waals surface area contributed by atoms with Crippen molar-refractivity contribution in [2.75, 3.05) is 53.0 Å². The smallest absolute Gasteiger partial charge is 0.246 e. The summed E-state index contributed by atoms with van der Waals surface area (Å²) < 4.78 is 17.1. The van der Waals surface area contributed by atoms with Crippen LogP contribution in [0.3, 0.4) is 0 Å². The maximum absolute atomic E-state index is 12.3. The lowest BCUT2D eigenvalue weighted by molar-refractivity contribution is -0.129. The van der Waals surface area contributed by atoms with Gasteiger partial charge in [-0.3, -0.25) is 4.79 Å². The fourth-order valence-electron chi connectivity index (χ4n) is 3.85. The Morgan fingerprint density at radius 1 is 1.17 bits per heavy atom.